The summed E-state index contributed by atoms with van der Waals surface area (Å²) in [6, 6.07) is 13.8. The van der Waals surface area contributed by atoms with E-state index in [1.165, 1.54) is 18.2 Å². The number of halogens is 3. The fourth-order valence-corrected chi connectivity index (χ4v) is 4.62. The Morgan fingerprint density at radius 1 is 0.933 bits per heavy atom. The predicted molar refractivity (Wildman–Crippen MR) is 105 cm³/mol. The van der Waals surface area contributed by atoms with Crippen LogP contribution in [0.1, 0.15) is 5.56 Å². The van der Waals surface area contributed by atoms with E-state index in [4.69, 9.17) is 4.52 Å². The number of alkyl halides is 3. The van der Waals surface area contributed by atoms with Gasteiger partial charge < -0.3 is 4.52 Å². The molecule has 0 atom stereocenters. The summed E-state index contributed by atoms with van der Waals surface area (Å²) in [6.45, 7) is 0. The Kier molecular flexibility index (Phi) is 5.08. The van der Waals surface area contributed by atoms with Gasteiger partial charge in [-0.1, -0.05) is 11.2 Å². The van der Waals surface area contributed by atoms with Gasteiger partial charge in [-0.3, -0.25) is 4.72 Å². The lowest BCUT2D eigenvalue weighted by molar-refractivity contribution is -0.137. The molecular weight excluding hydrogens is 439 g/mol. The lowest BCUT2D eigenvalue weighted by Crippen LogP contribution is -2.11. The van der Waals surface area contributed by atoms with E-state index in [1.54, 1.807) is 35.7 Å². The first-order chi connectivity index (χ1) is 14.2. The molecule has 0 spiro atoms. The summed E-state index contributed by atoms with van der Waals surface area (Å²) < 4.78 is 70.3. The van der Waals surface area contributed by atoms with Crippen molar-refractivity contribution in [1.82, 2.24) is 10.1 Å². The molecule has 0 aliphatic heterocycles. The van der Waals surface area contributed by atoms with E-state index in [0.717, 1.165) is 23.5 Å². The van der Waals surface area contributed by atoms with Crippen LogP contribution in [0.25, 0.3) is 22.8 Å². The van der Waals surface area contributed by atoms with Gasteiger partial charge in [0.1, 0.15) is 4.21 Å². The van der Waals surface area contributed by atoms with Gasteiger partial charge in [0.05, 0.1) is 5.56 Å². The van der Waals surface area contributed by atoms with Crippen LogP contribution in [0, 0.1) is 0 Å². The minimum absolute atomic E-state index is 0.0706. The summed E-state index contributed by atoms with van der Waals surface area (Å²) in [4.78, 5) is 4.19. The molecule has 30 heavy (non-hydrogen) atoms. The SMILES string of the molecule is O=S(=O)(Nc1ccc(-c2noc(-c3ccc(C(F)(F)F)cc3)n2)cc1)c1cccs1. The second kappa shape index (κ2) is 7.58. The zero-order valence-electron chi connectivity index (χ0n) is 14.9. The van der Waals surface area contributed by atoms with E-state index < -0.39 is 21.8 Å². The van der Waals surface area contributed by atoms with Crippen LogP contribution < -0.4 is 4.72 Å². The smallest absolute Gasteiger partial charge is 0.334 e. The van der Waals surface area contributed by atoms with Crippen molar-refractivity contribution < 1.29 is 26.1 Å². The standard InChI is InChI=1S/C19H12F3N3O3S2/c20-19(21,22)14-7-3-13(4-8-14)18-23-17(24-28-18)12-5-9-15(10-6-12)25-30(26,27)16-2-1-11-29-16/h1-11,25H. The fourth-order valence-electron chi connectivity index (χ4n) is 2.57. The van der Waals surface area contributed by atoms with E-state index in [1.807, 2.05) is 0 Å². The van der Waals surface area contributed by atoms with Gasteiger partial charge in [-0.2, -0.15) is 18.2 Å². The molecule has 154 valence electrons. The monoisotopic (exact) mass is 451 g/mol. The summed E-state index contributed by atoms with van der Waals surface area (Å²) >= 11 is 1.11. The van der Waals surface area contributed by atoms with Gasteiger partial charge >= 0.3 is 6.18 Å². The lowest BCUT2D eigenvalue weighted by Gasteiger charge is -2.06. The number of aromatic nitrogens is 2. The number of hydrogen-bond acceptors (Lipinski definition) is 6. The van der Waals surface area contributed by atoms with Crippen molar-refractivity contribution in [1.29, 1.82) is 0 Å². The average molecular weight is 451 g/mol. The van der Waals surface area contributed by atoms with E-state index >= 15 is 0 Å². The fraction of sp³-hybridized carbons (Fsp3) is 0.0526. The van der Waals surface area contributed by atoms with Crippen LogP contribution in [0.3, 0.4) is 0 Å². The number of hydrogen-bond donors (Lipinski definition) is 1. The molecule has 11 heteroatoms. The summed E-state index contributed by atoms with van der Waals surface area (Å²) in [5.41, 5.74) is 0.489. The number of sulfonamides is 1. The van der Waals surface area contributed by atoms with Crippen LogP contribution in [0.4, 0.5) is 18.9 Å². The molecule has 2 aromatic carbocycles. The zero-order chi connectivity index (χ0) is 21.4. The molecule has 0 radical (unpaired) electrons. The van der Waals surface area contributed by atoms with Crippen LogP contribution in [-0.2, 0) is 16.2 Å². The number of rotatable bonds is 5. The Morgan fingerprint density at radius 2 is 1.60 bits per heavy atom. The van der Waals surface area contributed by atoms with Gasteiger partial charge in [-0.25, -0.2) is 8.42 Å². The molecule has 0 aliphatic rings. The molecule has 0 fully saturated rings. The molecule has 0 unspecified atom stereocenters. The molecule has 2 heterocycles. The van der Waals surface area contributed by atoms with Crippen LogP contribution in [0.2, 0.25) is 0 Å². The molecule has 2 aromatic heterocycles. The molecule has 4 aromatic rings. The van der Waals surface area contributed by atoms with Crippen molar-refractivity contribution in [3.05, 3.63) is 71.6 Å². The second-order valence-electron chi connectivity index (χ2n) is 6.11. The minimum Gasteiger partial charge on any atom is -0.334 e. The molecule has 0 bridgehead atoms. The first-order valence-electron chi connectivity index (χ1n) is 8.40. The summed E-state index contributed by atoms with van der Waals surface area (Å²) in [7, 11) is -3.65. The highest BCUT2D eigenvalue weighted by molar-refractivity contribution is 7.94. The summed E-state index contributed by atoms with van der Waals surface area (Å²) in [5, 5.41) is 5.50. The second-order valence-corrected chi connectivity index (χ2v) is 8.97. The Bertz CT molecular complexity index is 1250. The van der Waals surface area contributed by atoms with Gasteiger partial charge in [-0.05, 0) is 60.0 Å². The Balaban J connectivity index is 1.51. The molecule has 0 saturated heterocycles. The molecule has 6 nitrogen and oxygen atoms in total. The highest BCUT2D eigenvalue weighted by Crippen LogP contribution is 2.31. The number of nitrogens with zero attached hydrogens (tertiary/aromatic N) is 2. The summed E-state index contributed by atoms with van der Waals surface area (Å²) in [6.07, 6.45) is -4.43. The van der Waals surface area contributed by atoms with Gasteiger partial charge in [0, 0.05) is 16.8 Å². The maximum absolute atomic E-state index is 12.7. The summed E-state index contributed by atoms with van der Waals surface area (Å²) in [5.74, 6) is 0.291. The van der Waals surface area contributed by atoms with Gasteiger partial charge in [0.25, 0.3) is 15.9 Å². The third kappa shape index (κ3) is 4.21. The third-order valence-corrected chi connectivity index (χ3v) is 6.82. The molecule has 0 amide bonds. The highest BCUT2D eigenvalue weighted by Gasteiger charge is 2.30. The number of nitrogens with one attached hydrogen (secondary N) is 1. The van der Waals surface area contributed by atoms with Crippen LogP contribution in [-0.4, -0.2) is 18.6 Å². The van der Waals surface area contributed by atoms with Crippen molar-refractivity contribution in [3.8, 4) is 22.8 Å². The Hall–Kier alpha value is -3.18. The quantitative estimate of drug-likeness (QED) is 0.446. The average Bonchev–Trinajstić information content (AvgIpc) is 3.40. The Labute approximate surface area is 173 Å². The highest BCUT2D eigenvalue weighted by atomic mass is 32.2. The number of anilines is 1. The maximum Gasteiger partial charge on any atom is 0.416 e. The predicted octanol–water partition coefficient (Wildman–Crippen LogP) is 5.28. The van der Waals surface area contributed by atoms with E-state index in [9.17, 15) is 21.6 Å². The molecule has 4 rings (SSSR count). The van der Waals surface area contributed by atoms with Crippen molar-refractivity contribution in [2.45, 2.75) is 10.4 Å². The van der Waals surface area contributed by atoms with Crippen molar-refractivity contribution in [2.24, 2.45) is 0 Å². The van der Waals surface area contributed by atoms with Crippen LogP contribution >= 0.6 is 11.3 Å². The van der Waals surface area contributed by atoms with Gasteiger partial charge in [0.2, 0.25) is 5.82 Å². The zero-order valence-corrected chi connectivity index (χ0v) is 16.6. The lowest BCUT2D eigenvalue weighted by atomic mass is 10.1. The number of benzene rings is 2. The van der Waals surface area contributed by atoms with Gasteiger partial charge in [-0.15, -0.1) is 11.3 Å². The van der Waals surface area contributed by atoms with Crippen LogP contribution in [0.15, 0.2) is 74.8 Å². The third-order valence-electron chi connectivity index (χ3n) is 4.04. The molecule has 1 N–H and O–H groups in total. The normalized spacial score (nSPS) is 12.1. The maximum atomic E-state index is 12.7. The first kappa shape index (κ1) is 20.1. The van der Waals surface area contributed by atoms with Crippen molar-refractivity contribution in [3.63, 3.8) is 0 Å². The first-order valence-corrected chi connectivity index (χ1v) is 10.8. The van der Waals surface area contributed by atoms with E-state index in [2.05, 4.69) is 14.9 Å². The topological polar surface area (TPSA) is 85.1 Å². The Morgan fingerprint density at radius 3 is 2.20 bits per heavy atom. The van der Waals surface area contributed by atoms with Crippen molar-refractivity contribution >= 4 is 27.0 Å². The minimum atomic E-state index is -4.43. The molecular formula is C19H12F3N3O3S2. The van der Waals surface area contributed by atoms with Crippen molar-refractivity contribution in [2.75, 3.05) is 4.72 Å². The van der Waals surface area contributed by atoms with E-state index in [0.29, 0.717) is 16.8 Å². The largest absolute Gasteiger partial charge is 0.416 e. The van der Waals surface area contributed by atoms with Crippen LogP contribution in [0.5, 0.6) is 0 Å². The molecule has 0 aliphatic carbocycles. The van der Waals surface area contributed by atoms with Gasteiger partial charge in [0.15, 0.2) is 0 Å². The number of thiophene rings is 1. The molecule has 0 saturated carbocycles. The van der Waals surface area contributed by atoms with E-state index in [-0.39, 0.29) is 15.9 Å².